The number of fused-ring (bicyclic) bond motifs is 1. The molecule has 0 aliphatic heterocycles. The number of amides is 1. The SMILES string of the molecule is COc1cc(OC)c2cc(CCCNC(=O)C3(N)CCCCC3)[nH]c2c1. The molecule has 0 atom stereocenters. The summed E-state index contributed by atoms with van der Waals surface area (Å²) < 4.78 is 10.8. The average Bonchev–Trinajstić information content (AvgIpc) is 3.07. The molecule has 26 heavy (non-hydrogen) atoms. The number of aromatic amines is 1. The van der Waals surface area contributed by atoms with E-state index in [1.165, 1.54) is 6.42 Å². The van der Waals surface area contributed by atoms with Gasteiger partial charge in [0.1, 0.15) is 11.5 Å². The van der Waals surface area contributed by atoms with Gasteiger partial charge in [-0.05, 0) is 31.7 Å². The van der Waals surface area contributed by atoms with Crippen LogP contribution in [0.4, 0.5) is 0 Å². The number of nitrogens with one attached hydrogen (secondary N) is 2. The van der Waals surface area contributed by atoms with Crippen molar-refractivity contribution in [2.75, 3.05) is 20.8 Å². The first-order valence-electron chi connectivity index (χ1n) is 9.36. The highest BCUT2D eigenvalue weighted by atomic mass is 16.5. The van der Waals surface area contributed by atoms with Crippen LogP contribution in [0, 0.1) is 0 Å². The topological polar surface area (TPSA) is 89.4 Å². The summed E-state index contributed by atoms with van der Waals surface area (Å²) >= 11 is 0. The summed E-state index contributed by atoms with van der Waals surface area (Å²) in [6.07, 6.45) is 6.56. The zero-order chi connectivity index (χ0) is 18.6. The molecule has 1 fully saturated rings. The second-order valence-corrected chi connectivity index (χ2v) is 7.16. The summed E-state index contributed by atoms with van der Waals surface area (Å²) in [5.74, 6) is 1.55. The smallest absolute Gasteiger partial charge is 0.240 e. The van der Waals surface area contributed by atoms with Crippen LogP contribution in [0.25, 0.3) is 10.9 Å². The van der Waals surface area contributed by atoms with E-state index in [1.54, 1.807) is 14.2 Å². The summed E-state index contributed by atoms with van der Waals surface area (Å²) in [6, 6.07) is 5.94. The summed E-state index contributed by atoms with van der Waals surface area (Å²) in [6.45, 7) is 0.633. The van der Waals surface area contributed by atoms with E-state index in [0.29, 0.717) is 6.54 Å². The molecule has 6 heteroatoms. The monoisotopic (exact) mass is 359 g/mol. The first kappa shape index (κ1) is 18.6. The lowest BCUT2D eigenvalue weighted by Crippen LogP contribution is -2.55. The average molecular weight is 359 g/mol. The van der Waals surface area contributed by atoms with Crippen molar-refractivity contribution in [3.05, 3.63) is 23.9 Å². The molecule has 142 valence electrons. The van der Waals surface area contributed by atoms with E-state index >= 15 is 0 Å². The maximum atomic E-state index is 12.4. The summed E-state index contributed by atoms with van der Waals surface area (Å²) in [5, 5.41) is 4.05. The summed E-state index contributed by atoms with van der Waals surface area (Å²) in [7, 11) is 3.30. The summed E-state index contributed by atoms with van der Waals surface area (Å²) in [4.78, 5) is 15.8. The van der Waals surface area contributed by atoms with Gasteiger partial charge in [0.15, 0.2) is 0 Å². The van der Waals surface area contributed by atoms with Crippen LogP contribution in [0.5, 0.6) is 11.5 Å². The Bertz CT molecular complexity index is 763. The van der Waals surface area contributed by atoms with Crippen LogP contribution < -0.4 is 20.5 Å². The molecule has 1 amide bonds. The number of hydrogen-bond donors (Lipinski definition) is 3. The maximum absolute atomic E-state index is 12.4. The van der Waals surface area contributed by atoms with Crippen molar-refractivity contribution in [1.29, 1.82) is 0 Å². The lowest BCUT2D eigenvalue weighted by Gasteiger charge is -2.31. The van der Waals surface area contributed by atoms with E-state index in [2.05, 4.69) is 16.4 Å². The van der Waals surface area contributed by atoms with E-state index in [1.807, 2.05) is 12.1 Å². The van der Waals surface area contributed by atoms with Gasteiger partial charge >= 0.3 is 0 Å². The predicted octanol–water partition coefficient (Wildman–Crippen LogP) is 2.90. The second-order valence-electron chi connectivity index (χ2n) is 7.16. The number of benzene rings is 1. The van der Waals surface area contributed by atoms with Gasteiger partial charge in [0, 0.05) is 29.8 Å². The van der Waals surface area contributed by atoms with E-state index in [4.69, 9.17) is 15.2 Å². The van der Waals surface area contributed by atoms with Gasteiger partial charge < -0.3 is 25.5 Å². The van der Waals surface area contributed by atoms with Gasteiger partial charge in [0.25, 0.3) is 0 Å². The van der Waals surface area contributed by atoms with Crippen LogP contribution in [0.3, 0.4) is 0 Å². The highest BCUT2D eigenvalue weighted by Gasteiger charge is 2.34. The molecule has 1 aliphatic carbocycles. The number of ether oxygens (including phenoxy) is 2. The molecule has 6 nitrogen and oxygen atoms in total. The molecule has 1 heterocycles. The maximum Gasteiger partial charge on any atom is 0.240 e. The van der Waals surface area contributed by atoms with Crippen molar-refractivity contribution in [3.8, 4) is 11.5 Å². The minimum atomic E-state index is -0.663. The number of H-pyrrole nitrogens is 1. The Labute approximate surface area is 154 Å². The van der Waals surface area contributed by atoms with Gasteiger partial charge in [-0.2, -0.15) is 0 Å². The number of aryl methyl sites for hydroxylation is 1. The highest BCUT2D eigenvalue weighted by Crippen LogP contribution is 2.31. The van der Waals surface area contributed by atoms with E-state index < -0.39 is 5.54 Å². The molecule has 1 aromatic carbocycles. The van der Waals surface area contributed by atoms with Gasteiger partial charge in [0.05, 0.1) is 25.3 Å². The fraction of sp³-hybridized carbons (Fsp3) is 0.550. The van der Waals surface area contributed by atoms with Gasteiger partial charge in [-0.3, -0.25) is 4.79 Å². The lowest BCUT2D eigenvalue weighted by molar-refractivity contribution is -0.127. The molecule has 4 N–H and O–H groups in total. The van der Waals surface area contributed by atoms with Gasteiger partial charge in [-0.15, -0.1) is 0 Å². The van der Waals surface area contributed by atoms with Crippen LogP contribution in [0.1, 0.15) is 44.2 Å². The van der Waals surface area contributed by atoms with Crippen molar-refractivity contribution < 1.29 is 14.3 Å². The number of rotatable bonds is 7. The molecule has 1 saturated carbocycles. The first-order valence-corrected chi connectivity index (χ1v) is 9.36. The minimum absolute atomic E-state index is 0.000234. The van der Waals surface area contributed by atoms with Crippen molar-refractivity contribution in [3.63, 3.8) is 0 Å². The zero-order valence-electron chi connectivity index (χ0n) is 15.7. The van der Waals surface area contributed by atoms with Crippen LogP contribution in [0.2, 0.25) is 0 Å². The number of methoxy groups -OCH3 is 2. The van der Waals surface area contributed by atoms with Gasteiger partial charge in [0.2, 0.25) is 5.91 Å². The molecular weight excluding hydrogens is 330 g/mol. The fourth-order valence-corrected chi connectivity index (χ4v) is 3.72. The largest absolute Gasteiger partial charge is 0.497 e. The van der Waals surface area contributed by atoms with Gasteiger partial charge in [-0.1, -0.05) is 19.3 Å². The third-order valence-corrected chi connectivity index (χ3v) is 5.29. The Kier molecular flexibility index (Phi) is 5.71. The van der Waals surface area contributed by atoms with Crippen molar-refractivity contribution in [2.24, 2.45) is 5.73 Å². The van der Waals surface area contributed by atoms with E-state index in [-0.39, 0.29) is 5.91 Å². The van der Waals surface area contributed by atoms with Crippen LogP contribution >= 0.6 is 0 Å². The number of carbonyl (C=O) groups is 1. The first-order chi connectivity index (χ1) is 12.6. The molecule has 0 bridgehead atoms. The van der Waals surface area contributed by atoms with Crippen molar-refractivity contribution in [2.45, 2.75) is 50.5 Å². The van der Waals surface area contributed by atoms with Crippen LogP contribution in [-0.4, -0.2) is 37.2 Å². The van der Waals surface area contributed by atoms with Crippen molar-refractivity contribution in [1.82, 2.24) is 10.3 Å². The molecule has 1 aliphatic rings. The second kappa shape index (κ2) is 7.99. The molecule has 0 unspecified atom stereocenters. The fourth-order valence-electron chi connectivity index (χ4n) is 3.72. The Morgan fingerprint density at radius 1 is 1.19 bits per heavy atom. The Morgan fingerprint density at radius 3 is 2.65 bits per heavy atom. The normalized spacial score (nSPS) is 16.4. The Hall–Kier alpha value is -2.21. The van der Waals surface area contributed by atoms with E-state index in [0.717, 1.165) is 66.6 Å². The number of nitrogens with two attached hydrogens (primary N) is 1. The van der Waals surface area contributed by atoms with E-state index in [9.17, 15) is 4.79 Å². The van der Waals surface area contributed by atoms with Crippen molar-refractivity contribution >= 4 is 16.8 Å². The lowest BCUT2D eigenvalue weighted by atomic mass is 9.82. The van der Waals surface area contributed by atoms with Crippen LogP contribution in [-0.2, 0) is 11.2 Å². The number of carbonyl (C=O) groups excluding carboxylic acids is 1. The molecule has 0 radical (unpaired) electrons. The molecule has 3 rings (SSSR count). The molecule has 2 aromatic rings. The third-order valence-electron chi connectivity index (χ3n) is 5.29. The summed E-state index contributed by atoms with van der Waals surface area (Å²) in [5.41, 5.74) is 7.70. The number of aromatic nitrogens is 1. The van der Waals surface area contributed by atoms with Gasteiger partial charge in [-0.25, -0.2) is 0 Å². The quantitative estimate of drug-likeness (QED) is 0.663. The molecule has 0 saturated heterocycles. The highest BCUT2D eigenvalue weighted by molar-refractivity contribution is 5.88. The minimum Gasteiger partial charge on any atom is -0.497 e. The Morgan fingerprint density at radius 2 is 1.96 bits per heavy atom. The molecule has 0 spiro atoms. The Balaban J connectivity index is 1.56. The number of hydrogen-bond acceptors (Lipinski definition) is 4. The zero-order valence-corrected chi connectivity index (χ0v) is 15.7. The third kappa shape index (κ3) is 3.96. The van der Waals surface area contributed by atoms with Crippen LogP contribution in [0.15, 0.2) is 18.2 Å². The standard InChI is InChI=1S/C20H29N3O3/c1-25-15-12-17-16(18(13-15)26-2)11-14(23-17)7-6-10-22-19(24)20(21)8-4-3-5-9-20/h11-13,23H,3-10,21H2,1-2H3,(H,22,24). The molecule has 1 aromatic heterocycles. The molecular formula is C20H29N3O3. The predicted molar refractivity (Wildman–Crippen MR) is 103 cm³/mol.